The molecule has 0 aromatic carbocycles. The van der Waals surface area contributed by atoms with Crippen molar-refractivity contribution in [2.24, 2.45) is 11.8 Å². The highest BCUT2D eigenvalue weighted by Gasteiger charge is 2.36. The predicted molar refractivity (Wildman–Crippen MR) is 82.8 cm³/mol. The summed E-state index contributed by atoms with van der Waals surface area (Å²) in [5, 5.41) is 2.75. The molecule has 0 spiro atoms. The van der Waals surface area contributed by atoms with Gasteiger partial charge >= 0.3 is 5.97 Å². The second-order valence-corrected chi connectivity index (χ2v) is 5.15. The van der Waals surface area contributed by atoms with Crippen molar-refractivity contribution in [1.82, 2.24) is 5.32 Å². The smallest absolute Gasteiger partial charge is 0.306 e. The zero-order valence-electron chi connectivity index (χ0n) is 13.9. The summed E-state index contributed by atoms with van der Waals surface area (Å²) in [6.07, 6.45) is 5.72. The lowest BCUT2D eigenvalue weighted by Gasteiger charge is -2.29. The number of ether oxygens (including phenoxy) is 2. The number of carbonyl (C=O) groups excluding carboxylic acids is 1. The first-order valence-corrected chi connectivity index (χ1v) is 8.06. The van der Waals surface area contributed by atoms with Gasteiger partial charge in [-0.1, -0.05) is 13.8 Å². The molecule has 2 atom stereocenters. The molecule has 2 fully saturated rings. The SMILES string of the molecule is CC.CCOC(=O)C[C@H]1CCOC(C2CC2)C1.CNC. The average Bonchev–Trinajstić information content (AvgIpc) is 3.27. The summed E-state index contributed by atoms with van der Waals surface area (Å²) in [6, 6.07) is 0. The highest BCUT2D eigenvalue weighted by atomic mass is 16.5. The highest BCUT2D eigenvalue weighted by molar-refractivity contribution is 5.69. The molecule has 0 amide bonds. The van der Waals surface area contributed by atoms with Crippen LogP contribution < -0.4 is 5.32 Å². The summed E-state index contributed by atoms with van der Waals surface area (Å²) in [7, 11) is 3.75. The van der Waals surface area contributed by atoms with E-state index in [1.54, 1.807) is 0 Å². The number of rotatable bonds is 4. The Balaban J connectivity index is 0.000000641. The molecular formula is C16H33NO3. The lowest BCUT2D eigenvalue weighted by Crippen LogP contribution is -2.28. The van der Waals surface area contributed by atoms with Crippen LogP contribution in [0, 0.1) is 11.8 Å². The largest absolute Gasteiger partial charge is 0.466 e. The molecule has 1 saturated carbocycles. The Labute approximate surface area is 124 Å². The van der Waals surface area contributed by atoms with Gasteiger partial charge in [0, 0.05) is 13.0 Å². The standard InChI is InChI=1S/C12H20O3.C2H7N.C2H6/c1-2-14-12(13)8-9-5-6-15-11(7-9)10-3-4-10;1-3-2;1-2/h9-11H,2-8H2,1H3;3H,1-2H3;1-2H3/t9-,11?;;/m0../s1. The number of hydrogen-bond acceptors (Lipinski definition) is 4. The van der Waals surface area contributed by atoms with E-state index in [4.69, 9.17) is 9.47 Å². The maximum atomic E-state index is 11.3. The molecule has 1 aliphatic heterocycles. The summed E-state index contributed by atoms with van der Waals surface area (Å²) in [4.78, 5) is 11.3. The predicted octanol–water partition coefficient (Wildman–Crippen LogP) is 3.01. The van der Waals surface area contributed by atoms with Crippen molar-refractivity contribution in [3.05, 3.63) is 0 Å². The molecular weight excluding hydrogens is 254 g/mol. The van der Waals surface area contributed by atoms with Crippen LogP contribution in [0.5, 0.6) is 0 Å². The van der Waals surface area contributed by atoms with E-state index >= 15 is 0 Å². The Hall–Kier alpha value is -0.610. The maximum absolute atomic E-state index is 11.3. The molecule has 1 saturated heterocycles. The third kappa shape index (κ3) is 8.54. The minimum atomic E-state index is -0.0426. The Morgan fingerprint density at radius 2 is 1.85 bits per heavy atom. The molecule has 1 heterocycles. The molecule has 0 aromatic heterocycles. The van der Waals surface area contributed by atoms with Gasteiger partial charge in [0.1, 0.15) is 0 Å². The molecule has 20 heavy (non-hydrogen) atoms. The van der Waals surface area contributed by atoms with Crippen LogP contribution in [0.3, 0.4) is 0 Å². The number of carbonyl (C=O) groups is 1. The van der Waals surface area contributed by atoms with Gasteiger partial charge in [-0.3, -0.25) is 4.79 Å². The summed E-state index contributed by atoms with van der Waals surface area (Å²) in [5.41, 5.74) is 0. The second kappa shape index (κ2) is 12.2. The number of esters is 1. The van der Waals surface area contributed by atoms with Crippen LogP contribution in [0.1, 0.15) is 52.9 Å². The average molecular weight is 287 g/mol. The molecule has 0 radical (unpaired) electrons. The second-order valence-electron chi connectivity index (χ2n) is 5.15. The van der Waals surface area contributed by atoms with Gasteiger partial charge in [-0.25, -0.2) is 0 Å². The fraction of sp³-hybridized carbons (Fsp3) is 0.938. The topological polar surface area (TPSA) is 47.6 Å². The van der Waals surface area contributed by atoms with E-state index in [1.165, 1.54) is 12.8 Å². The van der Waals surface area contributed by atoms with Gasteiger partial charge in [-0.2, -0.15) is 0 Å². The van der Waals surface area contributed by atoms with Gasteiger partial charge < -0.3 is 14.8 Å². The van der Waals surface area contributed by atoms with Gasteiger partial charge in [-0.15, -0.1) is 0 Å². The number of nitrogens with one attached hydrogen (secondary N) is 1. The van der Waals surface area contributed by atoms with E-state index in [0.29, 0.717) is 25.0 Å². The van der Waals surface area contributed by atoms with Gasteiger partial charge in [0.15, 0.2) is 0 Å². The Morgan fingerprint density at radius 1 is 1.25 bits per heavy atom. The first kappa shape index (κ1) is 19.4. The summed E-state index contributed by atoms with van der Waals surface area (Å²) in [5.74, 6) is 1.23. The Kier molecular flexibility index (Phi) is 11.8. The molecule has 2 rings (SSSR count). The van der Waals surface area contributed by atoms with Crippen LogP contribution >= 0.6 is 0 Å². The van der Waals surface area contributed by atoms with Gasteiger partial charge in [0.25, 0.3) is 0 Å². The monoisotopic (exact) mass is 287 g/mol. The van der Waals surface area contributed by atoms with Crippen molar-refractivity contribution in [2.75, 3.05) is 27.3 Å². The highest BCUT2D eigenvalue weighted by Crippen LogP contribution is 2.40. The van der Waals surface area contributed by atoms with Crippen molar-refractivity contribution in [2.45, 2.75) is 59.0 Å². The molecule has 1 N–H and O–H groups in total. The van der Waals surface area contributed by atoms with E-state index in [1.807, 2.05) is 34.9 Å². The van der Waals surface area contributed by atoms with Crippen molar-refractivity contribution < 1.29 is 14.3 Å². The van der Waals surface area contributed by atoms with Crippen molar-refractivity contribution in [3.8, 4) is 0 Å². The first-order chi connectivity index (χ1) is 9.71. The van der Waals surface area contributed by atoms with Crippen LogP contribution in [-0.2, 0) is 14.3 Å². The fourth-order valence-corrected chi connectivity index (χ4v) is 2.34. The van der Waals surface area contributed by atoms with Crippen LogP contribution in [0.25, 0.3) is 0 Å². The molecule has 1 aliphatic carbocycles. The Morgan fingerprint density at radius 3 is 2.35 bits per heavy atom. The molecule has 4 nitrogen and oxygen atoms in total. The fourth-order valence-electron chi connectivity index (χ4n) is 2.34. The minimum absolute atomic E-state index is 0.0426. The lowest BCUT2D eigenvalue weighted by molar-refractivity contribution is -0.145. The summed E-state index contributed by atoms with van der Waals surface area (Å²) in [6.45, 7) is 7.17. The third-order valence-electron chi connectivity index (χ3n) is 3.33. The zero-order chi connectivity index (χ0) is 15.4. The molecule has 2 aliphatic rings. The van der Waals surface area contributed by atoms with E-state index in [9.17, 15) is 4.79 Å². The van der Waals surface area contributed by atoms with E-state index in [-0.39, 0.29) is 5.97 Å². The third-order valence-corrected chi connectivity index (χ3v) is 3.33. The van der Waals surface area contributed by atoms with Crippen LogP contribution in [0.2, 0.25) is 0 Å². The molecule has 4 heteroatoms. The van der Waals surface area contributed by atoms with E-state index in [0.717, 1.165) is 25.4 Å². The van der Waals surface area contributed by atoms with Gasteiger partial charge in [-0.05, 0) is 58.5 Å². The number of hydrogen-bond donors (Lipinski definition) is 1. The molecule has 0 bridgehead atoms. The van der Waals surface area contributed by atoms with Crippen LogP contribution in [0.4, 0.5) is 0 Å². The van der Waals surface area contributed by atoms with Crippen LogP contribution in [0.15, 0.2) is 0 Å². The minimum Gasteiger partial charge on any atom is -0.466 e. The summed E-state index contributed by atoms with van der Waals surface area (Å²) < 4.78 is 10.7. The van der Waals surface area contributed by atoms with Gasteiger partial charge in [0.2, 0.25) is 0 Å². The molecule has 0 aromatic rings. The van der Waals surface area contributed by atoms with Gasteiger partial charge in [0.05, 0.1) is 12.7 Å². The van der Waals surface area contributed by atoms with E-state index in [2.05, 4.69) is 5.32 Å². The quantitative estimate of drug-likeness (QED) is 0.808. The lowest BCUT2D eigenvalue weighted by atomic mass is 9.91. The van der Waals surface area contributed by atoms with Crippen molar-refractivity contribution >= 4 is 5.97 Å². The van der Waals surface area contributed by atoms with E-state index < -0.39 is 0 Å². The van der Waals surface area contributed by atoms with Crippen molar-refractivity contribution in [3.63, 3.8) is 0 Å². The van der Waals surface area contributed by atoms with Crippen LogP contribution in [-0.4, -0.2) is 39.4 Å². The van der Waals surface area contributed by atoms with Crippen molar-refractivity contribution in [1.29, 1.82) is 0 Å². The maximum Gasteiger partial charge on any atom is 0.306 e. The summed E-state index contributed by atoms with van der Waals surface area (Å²) >= 11 is 0. The molecule has 1 unspecified atom stereocenters. The Bertz CT molecular complexity index is 242. The molecule has 120 valence electrons. The normalized spacial score (nSPS) is 24.6. The zero-order valence-corrected chi connectivity index (χ0v) is 13.9. The first-order valence-electron chi connectivity index (χ1n) is 8.06.